The Kier molecular flexibility index (Phi) is 5.11. The van der Waals surface area contributed by atoms with E-state index in [4.69, 9.17) is 5.73 Å². The van der Waals surface area contributed by atoms with Crippen LogP contribution in [0.3, 0.4) is 0 Å². The number of carbonyl (C=O) groups excluding carboxylic acids is 1. The third-order valence-corrected chi connectivity index (χ3v) is 3.68. The van der Waals surface area contributed by atoms with Gasteiger partial charge in [0.25, 0.3) is 0 Å². The van der Waals surface area contributed by atoms with E-state index in [-0.39, 0.29) is 0 Å². The number of urea groups is 1. The van der Waals surface area contributed by atoms with E-state index in [2.05, 4.69) is 10.5 Å². The van der Waals surface area contributed by atoms with Gasteiger partial charge in [0, 0.05) is 0 Å². The quantitative estimate of drug-likeness (QED) is 0.586. The fourth-order valence-corrected chi connectivity index (χ4v) is 2.54. The van der Waals surface area contributed by atoms with Crippen molar-refractivity contribution in [2.24, 2.45) is 10.8 Å². The van der Waals surface area contributed by atoms with Crippen LogP contribution in [0.15, 0.2) is 41.5 Å². The Labute approximate surface area is 124 Å². The van der Waals surface area contributed by atoms with Crippen LogP contribution in [-0.2, 0) is 0 Å². The first-order valence-corrected chi connectivity index (χ1v) is 7.19. The summed E-state index contributed by atoms with van der Waals surface area (Å²) in [6.07, 6.45) is 7.92. The third kappa shape index (κ3) is 4.43. The average Bonchev–Trinajstić information content (AvgIpc) is 2.48. The monoisotopic (exact) mass is 287 g/mol. The van der Waals surface area contributed by atoms with Crippen molar-refractivity contribution in [3.63, 3.8) is 0 Å². The van der Waals surface area contributed by atoms with Gasteiger partial charge in [0.2, 0.25) is 0 Å². The molecule has 0 aromatic heterocycles. The maximum Gasteiger partial charge on any atom is 0.332 e. The Balaban J connectivity index is 2.21. The number of carbonyl (C=O) groups is 1. The molecule has 0 spiro atoms. The van der Waals surface area contributed by atoms with Crippen molar-refractivity contribution in [1.29, 1.82) is 0 Å². The number of nitrogens with two attached hydrogens (primary N) is 1. The lowest BCUT2D eigenvalue weighted by atomic mass is 9.81. The largest absolute Gasteiger partial charge is 0.383 e. The first-order chi connectivity index (χ1) is 10.1. The summed E-state index contributed by atoms with van der Waals surface area (Å²) >= 11 is 0. The highest BCUT2D eigenvalue weighted by molar-refractivity contribution is 6.04. The maximum atomic E-state index is 10.9. The lowest BCUT2D eigenvalue weighted by molar-refractivity contribution is 0.0714. The van der Waals surface area contributed by atoms with Gasteiger partial charge in [-0.05, 0) is 24.5 Å². The molecule has 0 unspecified atom stereocenters. The second-order valence-corrected chi connectivity index (χ2v) is 5.31. The van der Waals surface area contributed by atoms with Gasteiger partial charge in [0.15, 0.2) is 0 Å². The fourth-order valence-electron chi connectivity index (χ4n) is 2.54. The molecule has 5 heteroatoms. The summed E-state index contributed by atoms with van der Waals surface area (Å²) in [5.41, 5.74) is 7.74. The molecule has 112 valence electrons. The van der Waals surface area contributed by atoms with E-state index in [1.807, 2.05) is 36.4 Å². The summed E-state index contributed by atoms with van der Waals surface area (Å²) < 4.78 is 0. The molecular weight excluding hydrogens is 266 g/mol. The molecular formula is C16H21N3O2. The molecule has 0 radical (unpaired) electrons. The molecule has 5 nitrogen and oxygen atoms in total. The van der Waals surface area contributed by atoms with Crippen LogP contribution >= 0.6 is 0 Å². The van der Waals surface area contributed by atoms with E-state index in [1.165, 1.54) is 0 Å². The smallest absolute Gasteiger partial charge is 0.332 e. The molecule has 0 heterocycles. The summed E-state index contributed by atoms with van der Waals surface area (Å²) in [5, 5.41) is 14.7. The molecule has 1 aromatic carbocycles. The SMILES string of the molecule is NC(=O)N/N=C(\C=C\c1ccccc1)C1(O)CCCCC1. The van der Waals surface area contributed by atoms with Crippen molar-refractivity contribution in [1.82, 2.24) is 5.43 Å². The number of hydrogen-bond acceptors (Lipinski definition) is 3. The Morgan fingerprint density at radius 3 is 2.52 bits per heavy atom. The van der Waals surface area contributed by atoms with Gasteiger partial charge in [-0.1, -0.05) is 55.7 Å². The highest BCUT2D eigenvalue weighted by Gasteiger charge is 2.33. The average molecular weight is 287 g/mol. The molecule has 2 amide bonds. The number of benzene rings is 1. The van der Waals surface area contributed by atoms with Crippen molar-refractivity contribution < 1.29 is 9.90 Å². The van der Waals surface area contributed by atoms with Crippen molar-refractivity contribution >= 4 is 17.8 Å². The number of hydrogen-bond donors (Lipinski definition) is 3. The van der Waals surface area contributed by atoms with E-state index >= 15 is 0 Å². The minimum absolute atomic E-state index is 0.449. The Bertz CT molecular complexity index is 532. The van der Waals surface area contributed by atoms with Gasteiger partial charge in [-0.15, -0.1) is 0 Å². The second kappa shape index (κ2) is 7.04. The van der Waals surface area contributed by atoms with Gasteiger partial charge in [0.1, 0.15) is 5.60 Å². The summed E-state index contributed by atoms with van der Waals surface area (Å²) in [5.74, 6) is 0. The van der Waals surface area contributed by atoms with Gasteiger partial charge < -0.3 is 10.8 Å². The molecule has 0 bridgehead atoms. The summed E-state index contributed by atoms with van der Waals surface area (Å²) in [7, 11) is 0. The molecule has 0 atom stereocenters. The van der Waals surface area contributed by atoms with Crippen LogP contribution in [0.25, 0.3) is 6.08 Å². The first-order valence-electron chi connectivity index (χ1n) is 7.19. The van der Waals surface area contributed by atoms with Crippen molar-refractivity contribution in [3.8, 4) is 0 Å². The van der Waals surface area contributed by atoms with E-state index in [0.717, 1.165) is 24.8 Å². The van der Waals surface area contributed by atoms with Gasteiger partial charge in [-0.3, -0.25) is 0 Å². The second-order valence-electron chi connectivity index (χ2n) is 5.31. The van der Waals surface area contributed by atoms with Gasteiger partial charge in [0.05, 0.1) is 5.71 Å². The molecule has 0 saturated heterocycles. The lowest BCUT2D eigenvalue weighted by Gasteiger charge is -2.31. The van der Waals surface area contributed by atoms with Crippen LogP contribution in [0.4, 0.5) is 4.79 Å². The molecule has 2 rings (SSSR count). The van der Waals surface area contributed by atoms with E-state index in [9.17, 15) is 9.90 Å². The normalized spacial score (nSPS) is 18.6. The summed E-state index contributed by atoms with van der Waals surface area (Å²) in [6.45, 7) is 0. The Morgan fingerprint density at radius 1 is 1.24 bits per heavy atom. The minimum Gasteiger partial charge on any atom is -0.383 e. The first kappa shape index (κ1) is 15.3. The number of rotatable bonds is 4. The zero-order valence-electron chi connectivity index (χ0n) is 12.0. The zero-order chi connectivity index (χ0) is 15.1. The number of hydrazone groups is 1. The summed E-state index contributed by atoms with van der Waals surface area (Å²) in [4.78, 5) is 10.9. The number of primary amides is 1. The van der Waals surface area contributed by atoms with Crippen LogP contribution < -0.4 is 11.2 Å². The van der Waals surface area contributed by atoms with Gasteiger partial charge in [-0.2, -0.15) is 5.10 Å². The number of aliphatic hydroxyl groups is 1. The van der Waals surface area contributed by atoms with Crippen LogP contribution in [0, 0.1) is 0 Å². The molecule has 1 fully saturated rings. The van der Waals surface area contributed by atoms with Crippen LogP contribution in [0.5, 0.6) is 0 Å². The molecule has 1 aliphatic carbocycles. The van der Waals surface area contributed by atoms with Crippen molar-refractivity contribution in [3.05, 3.63) is 42.0 Å². The van der Waals surface area contributed by atoms with Crippen LogP contribution in [-0.4, -0.2) is 22.5 Å². The predicted octanol–water partition coefficient (Wildman–Crippen LogP) is 2.42. The molecule has 21 heavy (non-hydrogen) atoms. The predicted molar refractivity (Wildman–Crippen MR) is 83.7 cm³/mol. The summed E-state index contributed by atoms with van der Waals surface area (Å²) in [6, 6.07) is 9.00. The van der Waals surface area contributed by atoms with Gasteiger partial charge >= 0.3 is 6.03 Å². The van der Waals surface area contributed by atoms with E-state index in [1.54, 1.807) is 6.08 Å². The van der Waals surface area contributed by atoms with E-state index in [0.29, 0.717) is 18.6 Å². The molecule has 0 aliphatic heterocycles. The topological polar surface area (TPSA) is 87.7 Å². The Morgan fingerprint density at radius 2 is 1.90 bits per heavy atom. The van der Waals surface area contributed by atoms with Crippen LogP contribution in [0.1, 0.15) is 37.7 Å². The molecule has 1 aliphatic rings. The molecule has 1 saturated carbocycles. The third-order valence-electron chi connectivity index (χ3n) is 3.68. The number of nitrogens with zero attached hydrogens (tertiary/aromatic N) is 1. The lowest BCUT2D eigenvalue weighted by Crippen LogP contribution is -2.41. The van der Waals surface area contributed by atoms with Crippen molar-refractivity contribution in [2.45, 2.75) is 37.7 Å². The zero-order valence-corrected chi connectivity index (χ0v) is 12.0. The minimum atomic E-state index is -0.994. The van der Waals surface area contributed by atoms with Crippen molar-refractivity contribution in [2.75, 3.05) is 0 Å². The maximum absolute atomic E-state index is 10.9. The number of amides is 2. The highest BCUT2D eigenvalue weighted by Crippen LogP contribution is 2.30. The molecule has 4 N–H and O–H groups in total. The van der Waals surface area contributed by atoms with Gasteiger partial charge in [-0.25, -0.2) is 10.2 Å². The standard InChI is InChI=1S/C16H21N3O2/c17-15(20)19-18-14(16(21)11-5-2-6-12-16)10-9-13-7-3-1-4-8-13/h1,3-4,7-10,21H,2,5-6,11-12H2,(H3,17,19,20)/b10-9+,18-14+. The van der Waals surface area contributed by atoms with Crippen LogP contribution in [0.2, 0.25) is 0 Å². The Hall–Kier alpha value is -2.14. The number of nitrogens with one attached hydrogen (secondary N) is 1. The highest BCUT2D eigenvalue weighted by atomic mass is 16.3. The van der Waals surface area contributed by atoms with E-state index < -0.39 is 11.6 Å². The fraction of sp³-hybridized carbons (Fsp3) is 0.375. The molecule has 1 aromatic rings.